The highest BCUT2D eigenvalue weighted by atomic mass is 19.1. The zero-order valence-corrected chi connectivity index (χ0v) is 11.6. The maximum Gasteiger partial charge on any atom is 0.127 e. The van der Waals surface area contributed by atoms with Crippen molar-refractivity contribution in [3.05, 3.63) is 29.6 Å². The standard InChI is InChI=1S/C15H20FNO2/c1-11(18)13-6-5-12(16)9-14(13)19-8-4-7-15(2,3)10-17/h5-6,9,11,18H,4,7-8H2,1-3H3/t11-/m1/s1. The summed E-state index contributed by atoms with van der Waals surface area (Å²) in [5.74, 6) is -0.0264. The minimum absolute atomic E-state index is 0.366. The van der Waals surface area contributed by atoms with E-state index in [0.29, 0.717) is 30.8 Å². The van der Waals surface area contributed by atoms with Crippen molar-refractivity contribution in [2.24, 2.45) is 5.41 Å². The molecule has 1 rings (SSSR count). The second-order valence-corrected chi connectivity index (χ2v) is 5.31. The lowest BCUT2D eigenvalue weighted by molar-refractivity contribution is 0.189. The predicted octanol–water partition coefficient (Wildman–Crippen LogP) is 3.59. The van der Waals surface area contributed by atoms with Crippen LogP contribution in [0, 0.1) is 22.6 Å². The van der Waals surface area contributed by atoms with Crippen molar-refractivity contribution in [2.45, 2.75) is 39.7 Å². The van der Waals surface area contributed by atoms with Gasteiger partial charge in [-0.05, 0) is 45.7 Å². The Morgan fingerprint density at radius 1 is 1.47 bits per heavy atom. The van der Waals surface area contributed by atoms with Gasteiger partial charge in [-0.25, -0.2) is 4.39 Å². The Morgan fingerprint density at radius 2 is 2.16 bits per heavy atom. The Hall–Kier alpha value is -1.60. The number of nitriles is 1. The minimum atomic E-state index is -0.703. The van der Waals surface area contributed by atoms with E-state index in [4.69, 9.17) is 10.00 Å². The van der Waals surface area contributed by atoms with Crippen LogP contribution in [0.2, 0.25) is 0 Å². The number of halogens is 1. The highest BCUT2D eigenvalue weighted by molar-refractivity contribution is 5.35. The lowest BCUT2D eigenvalue weighted by atomic mass is 9.90. The molecule has 1 atom stereocenters. The zero-order chi connectivity index (χ0) is 14.5. The largest absolute Gasteiger partial charge is 0.493 e. The molecule has 0 aliphatic heterocycles. The summed E-state index contributed by atoms with van der Waals surface area (Å²) < 4.78 is 18.7. The van der Waals surface area contributed by atoms with Gasteiger partial charge in [-0.3, -0.25) is 0 Å². The van der Waals surface area contributed by atoms with Gasteiger partial charge < -0.3 is 9.84 Å². The molecule has 0 saturated carbocycles. The van der Waals surface area contributed by atoms with Crippen LogP contribution in [0.5, 0.6) is 5.75 Å². The Morgan fingerprint density at radius 3 is 2.74 bits per heavy atom. The third-order valence-electron chi connectivity index (χ3n) is 2.93. The van der Waals surface area contributed by atoms with Crippen LogP contribution in [-0.4, -0.2) is 11.7 Å². The number of nitrogens with zero attached hydrogens (tertiary/aromatic N) is 1. The van der Waals surface area contributed by atoms with E-state index in [1.165, 1.54) is 18.2 Å². The topological polar surface area (TPSA) is 53.2 Å². The molecule has 0 amide bonds. The fourth-order valence-electron chi connectivity index (χ4n) is 1.73. The Balaban J connectivity index is 2.58. The summed E-state index contributed by atoms with van der Waals surface area (Å²) in [5, 5.41) is 18.5. The van der Waals surface area contributed by atoms with Crippen molar-refractivity contribution in [3.8, 4) is 11.8 Å². The van der Waals surface area contributed by atoms with Gasteiger partial charge in [0.1, 0.15) is 11.6 Å². The van der Waals surface area contributed by atoms with Crippen molar-refractivity contribution in [1.29, 1.82) is 5.26 Å². The molecule has 3 nitrogen and oxygen atoms in total. The number of benzene rings is 1. The summed E-state index contributed by atoms with van der Waals surface area (Å²) in [7, 11) is 0. The molecule has 104 valence electrons. The third-order valence-corrected chi connectivity index (χ3v) is 2.93. The summed E-state index contributed by atoms with van der Waals surface area (Å²) in [6.07, 6.45) is 0.713. The van der Waals surface area contributed by atoms with Gasteiger partial charge in [-0.15, -0.1) is 0 Å². The molecule has 0 saturated heterocycles. The van der Waals surface area contributed by atoms with Crippen molar-refractivity contribution in [2.75, 3.05) is 6.61 Å². The molecule has 0 bridgehead atoms. The van der Waals surface area contributed by atoms with E-state index in [1.54, 1.807) is 6.92 Å². The van der Waals surface area contributed by atoms with Gasteiger partial charge in [0.05, 0.1) is 24.2 Å². The van der Waals surface area contributed by atoms with Crippen LogP contribution < -0.4 is 4.74 Å². The van der Waals surface area contributed by atoms with E-state index < -0.39 is 11.9 Å². The summed E-state index contributed by atoms with van der Waals surface area (Å²) in [6, 6.07) is 6.32. The molecule has 4 heteroatoms. The fraction of sp³-hybridized carbons (Fsp3) is 0.533. The number of hydrogen-bond donors (Lipinski definition) is 1. The molecule has 1 N–H and O–H groups in total. The van der Waals surface area contributed by atoms with Crippen molar-refractivity contribution in [1.82, 2.24) is 0 Å². The van der Waals surface area contributed by atoms with Crippen molar-refractivity contribution in [3.63, 3.8) is 0 Å². The van der Waals surface area contributed by atoms with E-state index in [-0.39, 0.29) is 5.41 Å². The lowest BCUT2D eigenvalue weighted by Crippen LogP contribution is -2.10. The smallest absolute Gasteiger partial charge is 0.127 e. The van der Waals surface area contributed by atoms with Crippen LogP contribution in [0.1, 0.15) is 45.3 Å². The summed E-state index contributed by atoms with van der Waals surface area (Å²) in [4.78, 5) is 0. The normalized spacial score (nSPS) is 12.8. The first-order valence-electron chi connectivity index (χ1n) is 6.37. The first-order chi connectivity index (χ1) is 8.85. The minimum Gasteiger partial charge on any atom is -0.493 e. The molecule has 0 spiro atoms. The summed E-state index contributed by atoms with van der Waals surface area (Å²) >= 11 is 0. The van der Waals surface area contributed by atoms with E-state index >= 15 is 0 Å². The molecule has 0 aliphatic carbocycles. The zero-order valence-electron chi connectivity index (χ0n) is 11.6. The highest BCUT2D eigenvalue weighted by Crippen LogP contribution is 2.27. The maximum atomic E-state index is 13.2. The van der Waals surface area contributed by atoms with Gasteiger partial charge >= 0.3 is 0 Å². The number of ether oxygens (including phenoxy) is 1. The quantitative estimate of drug-likeness (QED) is 0.800. The first-order valence-corrected chi connectivity index (χ1v) is 6.37. The highest BCUT2D eigenvalue weighted by Gasteiger charge is 2.16. The van der Waals surface area contributed by atoms with Crippen LogP contribution in [0.3, 0.4) is 0 Å². The van der Waals surface area contributed by atoms with Crippen molar-refractivity contribution < 1.29 is 14.2 Å². The average molecular weight is 265 g/mol. The van der Waals surface area contributed by atoms with Crippen LogP contribution in [0.25, 0.3) is 0 Å². The van der Waals surface area contributed by atoms with Gasteiger partial charge in [0.2, 0.25) is 0 Å². The van der Waals surface area contributed by atoms with E-state index in [0.717, 1.165) is 0 Å². The van der Waals surface area contributed by atoms with E-state index in [1.807, 2.05) is 13.8 Å². The summed E-state index contributed by atoms with van der Waals surface area (Å²) in [6.45, 7) is 5.75. The SMILES string of the molecule is C[C@@H](O)c1ccc(F)cc1OCCCC(C)(C)C#N. The van der Waals surface area contributed by atoms with Gasteiger partial charge in [0, 0.05) is 11.6 Å². The number of hydrogen-bond acceptors (Lipinski definition) is 3. The average Bonchev–Trinajstić information content (AvgIpc) is 2.34. The Bertz CT molecular complexity index is 464. The molecule has 0 aromatic heterocycles. The maximum absolute atomic E-state index is 13.2. The molecular weight excluding hydrogens is 245 g/mol. The predicted molar refractivity (Wildman–Crippen MR) is 71.2 cm³/mol. The Kier molecular flexibility index (Phi) is 5.31. The molecule has 0 aliphatic rings. The number of rotatable bonds is 6. The second kappa shape index (κ2) is 6.53. The van der Waals surface area contributed by atoms with E-state index in [2.05, 4.69) is 6.07 Å². The molecule has 0 heterocycles. The molecule has 19 heavy (non-hydrogen) atoms. The number of aliphatic hydroxyl groups is 1. The third kappa shape index (κ3) is 4.88. The summed E-state index contributed by atoms with van der Waals surface area (Å²) in [5.41, 5.74) is 0.194. The molecule has 0 radical (unpaired) electrons. The van der Waals surface area contributed by atoms with Gasteiger partial charge in [0.15, 0.2) is 0 Å². The number of aliphatic hydroxyl groups excluding tert-OH is 1. The lowest BCUT2D eigenvalue weighted by Gasteiger charge is -2.16. The van der Waals surface area contributed by atoms with Crippen LogP contribution in [0.15, 0.2) is 18.2 Å². The monoisotopic (exact) mass is 265 g/mol. The molecule has 0 unspecified atom stereocenters. The van der Waals surface area contributed by atoms with Gasteiger partial charge in [0.25, 0.3) is 0 Å². The second-order valence-electron chi connectivity index (χ2n) is 5.31. The molecule has 0 fully saturated rings. The van der Waals surface area contributed by atoms with Crippen LogP contribution in [-0.2, 0) is 0 Å². The molecule has 1 aromatic carbocycles. The van der Waals surface area contributed by atoms with Crippen molar-refractivity contribution >= 4 is 0 Å². The molecular formula is C15H20FNO2. The molecule has 1 aromatic rings. The first kappa shape index (κ1) is 15.5. The van der Waals surface area contributed by atoms with E-state index in [9.17, 15) is 9.50 Å². The van der Waals surface area contributed by atoms with Gasteiger partial charge in [-0.2, -0.15) is 5.26 Å². The Labute approximate surface area is 113 Å². The van der Waals surface area contributed by atoms with Crippen LogP contribution >= 0.6 is 0 Å². The van der Waals surface area contributed by atoms with Gasteiger partial charge in [-0.1, -0.05) is 0 Å². The van der Waals surface area contributed by atoms with Crippen LogP contribution in [0.4, 0.5) is 4.39 Å². The fourth-order valence-corrected chi connectivity index (χ4v) is 1.73.